The Labute approximate surface area is 144 Å². The van der Waals surface area contributed by atoms with Crippen molar-refractivity contribution in [2.24, 2.45) is 7.05 Å². The van der Waals surface area contributed by atoms with Crippen LogP contribution >= 0.6 is 11.8 Å². The number of halogens is 1. The summed E-state index contributed by atoms with van der Waals surface area (Å²) in [6.45, 7) is 2.04. The van der Waals surface area contributed by atoms with Gasteiger partial charge in [-0.05, 0) is 24.6 Å². The first kappa shape index (κ1) is 16.7. The highest BCUT2D eigenvalue weighted by molar-refractivity contribution is 7.99. The second-order valence-electron chi connectivity index (χ2n) is 5.61. The zero-order chi connectivity index (χ0) is 17.1. The molecule has 1 heterocycles. The molecular weight excluding hydrogens is 325 g/mol. The Morgan fingerprint density at radius 1 is 1.08 bits per heavy atom. The van der Waals surface area contributed by atoms with E-state index >= 15 is 0 Å². The standard InChI is InChI=1S/C18H18FN3OS/c1-12-3-5-14(6-4-12)17-20-21-18(22(17)2)24-11-16(23)13-7-9-15(19)10-8-13/h3-10,16,23H,11H2,1-2H3. The van der Waals surface area contributed by atoms with E-state index in [0.29, 0.717) is 11.3 Å². The Morgan fingerprint density at radius 2 is 1.75 bits per heavy atom. The van der Waals surface area contributed by atoms with Gasteiger partial charge in [-0.3, -0.25) is 0 Å². The maximum absolute atomic E-state index is 12.9. The summed E-state index contributed by atoms with van der Waals surface area (Å²) in [6, 6.07) is 14.0. The van der Waals surface area contributed by atoms with Gasteiger partial charge >= 0.3 is 0 Å². The van der Waals surface area contributed by atoms with Gasteiger partial charge in [-0.25, -0.2) is 4.39 Å². The van der Waals surface area contributed by atoms with Crippen LogP contribution in [0.15, 0.2) is 53.7 Å². The summed E-state index contributed by atoms with van der Waals surface area (Å²) in [5.74, 6) is 0.898. The molecule has 0 amide bonds. The van der Waals surface area contributed by atoms with E-state index in [4.69, 9.17) is 0 Å². The van der Waals surface area contributed by atoms with Crippen LogP contribution in [0.5, 0.6) is 0 Å². The zero-order valence-electron chi connectivity index (χ0n) is 13.5. The minimum Gasteiger partial charge on any atom is -0.388 e. The molecule has 0 aliphatic rings. The van der Waals surface area contributed by atoms with Crippen LogP contribution in [0.25, 0.3) is 11.4 Å². The molecule has 0 spiro atoms. The minimum atomic E-state index is -0.685. The summed E-state index contributed by atoms with van der Waals surface area (Å²) in [5, 5.41) is 19.4. The van der Waals surface area contributed by atoms with Crippen LogP contribution in [0, 0.1) is 12.7 Å². The van der Waals surface area contributed by atoms with Crippen LogP contribution in [0.3, 0.4) is 0 Å². The average molecular weight is 343 g/mol. The third kappa shape index (κ3) is 3.66. The fourth-order valence-corrected chi connectivity index (χ4v) is 3.21. The summed E-state index contributed by atoms with van der Waals surface area (Å²) in [6.07, 6.45) is -0.685. The third-order valence-corrected chi connectivity index (χ3v) is 4.87. The molecule has 1 aromatic heterocycles. The van der Waals surface area contributed by atoms with Crippen molar-refractivity contribution in [3.8, 4) is 11.4 Å². The number of aliphatic hydroxyl groups is 1. The second kappa shape index (κ2) is 7.15. The molecule has 1 atom stereocenters. The summed E-state index contributed by atoms with van der Waals surface area (Å²) < 4.78 is 14.8. The molecule has 3 aromatic rings. The number of benzene rings is 2. The van der Waals surface area contributed by atoms with Gasteiger partial charge in [0.05, 0.1) is 6.10 Å². The molecule has 0 saturated heterocycles. The van der Waals surface area contributed by atoms with Gasteiger partial charge < -0.3 is 9.67 Å². The fourth-order valence-electron chi connectivity index (χ4n) is 2.33. The first-order valence-electron chi connectivity index (χ1n) is 7.57. The van der Waals surface area contributed by atoms with Gasteiger partial charge in [-0.2, -0.15) is 0 Å². The third-order valence-electron chi connectivity index (χ3n) is 3.77. The van der Waals surface area contributed by atoms with E-state index < -0.39 is 6.10 Å². The Morgan fingerprint density at radius 3 is 2.42 bits per heavy atom. The number of thioether (sulfide) groups is 1. The van der Waals surface area contributed by atoms with E-state index in [-0.39, 0.29) is 5.82 Å². The monoisotopic (exact) mass is 343 g/mol. The van der Waals surface area contributed by atoms with Crippen molar-refractivity contribution >= 4 is 11.8 Å². The van der Waals surface area contributed by atoms with Gasteiger partial charge in [-0.1, -0.05) is 53.7 Å². The van der Waals surface area contributed by atoms with Crippen molar-refractivity contribution in [3.63, 3.8) is 0 Å². The minimum absolute atomic E-state index is 0.311. The first-order valence-corrected chi connectivity index (χ1v) is 8.56. The highest BCUT2D eigenvalue weighted by Crippen LogP contribution is 2.26. The molecule has 1 unspecified atom stereocenters. The quantitative estimate of drug-likeness (QED) is 0.717. The number of aliphatic hydroxyl groups excluding tert-OH is 1. The van der Waals surface area contributed by atoms with E-state index in [1.807, 2.05) is 42.8 Å². The molecule has 0 aliphatic carbocycles. The number of nitrogens with zero attached hydrogens (tertiary/aromatic N) is 3. The van der Waals surface area contributed by atoms with E-state index in [0.717, 1.165) is 16.5 Å². The topological polar surface area (TPSA) is 50.9 Å². The lowest BCUT2D eigenvalue weighted by molar-refractivity contribution is 0.204. The van der Waals surface area contributed by atoms with Gasteiger partial charge in [0.2, 0.25) is 0 Å². The second-order valence-corrected chi connectivity index (χ2v) is 6.60. The predicted octanol–water partition coefficient (Wildman–Crippen LogP) is 3.76. The molecule has 2 aromatic carbocycles. The van der Waals surface area contributed by atoms with Crippen LogP contribution in [0.4, 0.5) is 4.39 Å². The van der Waals surface area contributed by atoms with Gasteiger partial charge in [0.1, 0.15) is 5.82 Å². The van der Waals surface area contributed by atoms with Crippen LogP contribution in [-0.2, 0) is 7.05 Å². The fraction of sp³-hybridized carbons (Fsp3) is 0.222. The molecule has 0 saturated carbocycles. The molecule has 0 aliphatic heterocycles. The molecule has 6 heteroatoms. The summed E-state index contributed by atoms with van der Waals surface area (Å²) in [4.78, 5) is 0. The predicted molar refractivity (Wildman–Crippen MR) is 93.3 cm³/mol. The van der Waals surface area contributed by atoms with Gasteiger partial charge in [0.25, 0.3) is 0 Å². The molecule has 4 nitrogen and oxygen atoms in total. The number of hydrogen-bond acceptors (Lipinski definition) is 4. The van der Waals surface area contributed by atoms with E-state index in [9.17, 15) is 9.50 Å². The molecular formula is C18H18FN3OS. The molecule has 0 bridgehead atoms. The molecule has 0 radical (unpaired) electrons. The highest BCUT2D eigenvalue weighted by Gasteiger charge is 2.14. The molecule has 1 N–H and O–H groups in total. The van der Waals surface area contributed by atoms with Crippen LogP contribution in [0.1, 0.15) is 17.2 Å². The van der Waals surface area contributed by atoms with E-state index in [2.05, 4.69) is 10.2 Å². The van der Waals surface area contributed by atoms with Gasteiger partial charge in [0.15, 0.2) is 11.0 Å². The summed E-state index contributed by atoms with van der Waals surface area (Å²) >= 11 is 1.42. The lowest BCUT2D eigenvalue weighted by atomic mass is 10.1. The van der Waals surface area contributed by atoms with E-state index in [1.54, 1.807) is 12.1 Å². The smallest absolute Gasteiger partial charge is 0.191 e. The lowest BCUT2D eigenvalue weighted by Crippen LogP contribution is -2.02. The van der Waals surface area contributed by atoms with Gasteiger partial charge in [-0.15, -0.1) is 10.2 Å². The Hall–Kier alpha value is -2.18. The van der Waals surface area contributed by atoms with Gasteiger partial charge in [0, 0.05) is 18.4 Å². The highest BCUT2D eigenvalue weighted by atomic mass is 32.2. The Bertz CT molecular complexity index is 815. The maximum Gasteiger partial charge on any atom is 0.191 e. The normalized spacial score (nSPS) is 12.3. The van der Waals surface area contributed by atoms with E-state index in [1.165, 1.54) is 29.5 Å². The van der Waals surface area contributed by atoms with Crippen molar-refractivity contribution in [2.45, 2.75) is 18.2 Å². The summed E-state index contributed by atoms with van der Waals surface area (Å²) in [7, 11) is 1.90. The Balaban J connectivity index is 1.70. The van der Waals surface area contributed by atoms with Crippen molar-refractivity contribution in [2.75, 3.05) is 5.75 Å². The molecule has 3 rings (SSSR count). The maximum atomic E-state index is 12.9. The van der Waals surface area contributed by atoms with Crippen LogP contribution in [-0.4, -0.2) is 25.6 Å². The van der Waals surface area contributed by atoms with Crippen LogP contribution < -0.4 is 0 Å². The lowest BCUT2D eigenvalue weighted by Gasteiger charge is -2.10. The first-order chi connectivity index (χ1) is 11.5. The SMILES string of the molecule is Cc1ccc(-c2nnc(SCC(O)c3ccc(F)cc3)n2C)cc1. The average Bonchev–Trinajstić information content (AvgIpc) is 2.95. The summed E-state index contributed by atoms with van der Waals surface area (Å²) in [5.41, 5.74) is 2.88. The van der Waals surface area contributed by atoms with Crippen LogP contribution in [0.2, 0.25) is 0 Å². The molecule has 24 heavy (non-hydrogen) atoms. The Kier molecular flexibility index (Phi) is 4.97. The molecule has 124 valence electrons. The molecule has 0 fully saturated rings. The van der Waals surface area contributed by atoms with Crippen molar-refractivity contribution in [1.29, 1.82) is 0 Å². The van der Waals surface area contributed by atoms with Crippen molar-refractivity contribution in [3.05, 3.63) is 65.5 Å². The largest absolute Gasteiger partial charge is 0.388 e. The number of aryl methyl sites for hydroxylation is 1. The van der Waals surface area contributed by atoms with Crippen molar-refractivity contribution in [1.82, 2.24) is 14.8 Å². The number of rotatable bonds is 5. The zero-order valence-corrected chi connectivity index (χ0v) is 14.3. The van der Waals surface area contributed by atoms with Crippen molar-refractivity contribution < 1.29 is 9.50 Å². The number of aromatic nitrogens is 3. The number of hydrogen-bond donors (Lipinski definition) is 1.